The minimum absolute atomic E-state index is 0.0149. The van der Waals surface area contributed by atoms with Gasteiger partial charge in [-0.1, -0.05) is 60.7 Å². The van der Waals surface area contributed by atoms with Crippen molar-refractivity contribution < 1.29 is 0 Å². The van der Waals surface area contributed by atoms with E-state index in [-0.39, 0.29) is 6.04 Å². The summed E-state index contributed by atoms with van der Waals surface area (Å²) in [5.74, 6) is 0.619. The van der Waals surface area contributed by atoms with Gasteiger partial charge in [0.25, 0.3) is 0 Å². The first kappa shape index (κ1) is 14.0. The van der Waals surface area contributed by atoms with Crippen LogP contribution in [-0.2, 0) is 6.42 Å². The Balaban J connectivity index is 1.77. The number of rotatable bonds is 2. The number of benzene rings is 3. The number of nitrogens with two attached hydrogens (primary N) is 1. The van der Waals surface area contributed by atoms with Crippen molar-refractivity contribution >= 4 is 22.3 Å². The SMILES string of the molecule is NC(=Nc1cccc2ccccc12)C1NCCc2ccccc21. The zero-order valence-corrected chi connectivity index (χ0v) is 12.9. The van der Waals surface area contributed by atoms with Crippen molar-refractivity contribution in [3.63, 3.8) is 0 Å². The zero-order valence-electron chi connectivity index (χ0n) is 12.9. The molecule has 1 atom stereocenters. The van der Waals surface area contributed by atoms with E-state index in [0.29, 0.717) is 5.84 Å². The molecule has 0 saturated carbocycles. The molecule has 3 aromatic rings. The smallest absolute Gasteiger partial charge is 0.121 e. The van der Waals surface area contributed by atoms with Gasteiger partial charge in [0.15, 0.2) is 0 Å². The lowest BCUT2D eigenvalue weighted by Gasteiger charge is -2.26. The van der Waals surface area contributed by atoms with Crippen LogP contribution in [0.15, 0.2) is 71.7 Å². The minimum Gasteiger partial charge on any atom is -0.386 e. The first-order valence-electron chi connectivity index (χ1n) is 7.96. The Hall–Kier alpha value is -2.65. The minimum atomic E-state index is -0.0149. The summed E-state index contributed by atoms with van der Waals surface area (Å²) in [6.07, 6.45) is 1.04. The maximum absolute atomic E-state index is 6.37. The molecule has 1 heterocycles. The van der Waals surface area contributed by atoms with Gasteiger partial charge in [-0.3, -0.25) is 0 Å². The van der Waals surface area contributed by atoms with Crippen molar-refractivity contribution in [2.45, 2.75) is 12.5 Å². The predicted molar refractivity (Wildman–Crippen MR) is 96.1 cm³/mol. The van der Waals surface area contributed by atoms with Gasteiger partial charge in [0, 0.05) is 11.9 Å². The van der Waals surface area contributed by atoms with Crippen molar-refractivity contribution in [2.24, 2.45) is 10.7 Å². The van der Waals surface area contributed by atoms with Crippen LogP contribution in [0.25, 0.3) is 10.8 Å². The van der Waals surface area contributed by atoms with Gasteiger partial charge in [0.2, 0.25) is 0 Å². The number of hydrogen-bond donors (Lipinski definition) is 2. The maximum Gasteiger partial charge on any atom is 0.121 e. The molecule has 0 saturated heterocycles. The lowest BCUT2D eigenvalue weighted by Crippen LogP contribution is -2.38. The van der Waals surface area contributed by atoms with Crippen LogP contribution in [0.1, 0.15) is 17.2 Å². The molecule has 0 aliphatic carbocycles. The van der Waals surface area contributed by atoms with E-state index in [1.165, 1.54) is 16.5 Å². The molecule has 3 N–H and O–H groups in total. The van der Waals surface area contributed by atoms with Crippen molar-refractivity contribution in [1.82, 2.24) is 5.32 Å². The molecule has 0 aromatic heterocycles. The molecule has 1 aliphatic heterocycles. The highest BCUT2D eigenvalue weighted by atomic mass is 15.0. The van der Waals surface area contributed by atoms with E-state index >= 15 is 0 Å². The van der Waals surface area contributed by atoms with E-state index in [1.54, 1.807) is 0 Å². The Morgan fingerprint density at radius 3 is 2.70 bits per heavy atom. The summed E-state index contributed by atoms with van der Waals surface area (Å²) in [4.78, 5) is 4.74. The largest absolute Gasteiger partial charge is 0.386 e. The monoisotopic (exact) mass is 301 g/mol. The van der Waals surface area contributed by atoms with Gasteiger partial charge in [-0.25, -0.2) is 4.99 Å². The summed E-state index contributed by atoms with van der Waals surface area (Å²) in [7, 11) is 0. The Kier molecular flexibility index (Phi) is 3.56. The number of nitrogens with one attached hydrogen (secondary N) is 1. The van der Waals surface area contributed by atoms with Gasteiger partial charge in [-0.05, 0) is 29.0 Å². The predicted octanol–water partition coefficient (Wildman–Crippen LogP) is 3.72. The molecule has 0 amide bonds. The second-order valence-electron chi connectivity index (χ2n) is 5.87. The van der Waals surface area contributed by atoms with Crippen molar-refractivity contribution in [3.05, 3.63) is 77.9 Å². The lowest BCUT2D eigenvalue weighted by atomic mass is 9.94. The topological polar surface area (TPSA) is 50.4 Å². The van der Waals surface area contributed by atoms with Crippen LogP contribution in [0.5, 0.6) is 0 Å². The van der Waals surface area contributed by atoms with E-state index in [9.17, 15) is 0 Å². The second-order valence-corrected chi connectivity index (χ2v) is 5.87. The number of amidine groups is 1. The van der Waals surface area contributed by atoms with Gasteiger partial charge < -0.3 is 11.1 Å². The molecule has 3 aromatic carbocycles. The normalized spacial score (nSPS) is 17.9. The molecule has 0 radical (unpaired) electrons. The molecule has 0 spiro atoms. The molecule has 0 bridgehead atoms. The second kappa shape index (κ2) is 5.86. The molecule has 0 fully saturated rings. The quantitative estimate of drug-likeness (QED) is 0.560. The van der Waals surface area contributed by atoms with Crippen molar-refractivity contribution in [2.75, 3.05) is 6.54 Å². The fourth-order valence-corrected chi connectivity index (χ4v) is 3.28. The average Bonchev–Trinajstić information content (AvgIpc) is 2.61. The zero-order chi connectivity index (χ0) is 15.6. The fourth-order valence-electron chi connectivity index (χ4n) is 3.28. The van der Waals surface area contributed by atoms with Crippen LogP contribution < -0.4 is 11.1 Å². The van der Waals surface area contributed by atoms with E-state index in [4.69, 9.17) is 10.7 Å². The third kappa shape index (κ3) is 2.60. The van der Waals surface area contributed by atoms with Crippen LogP contribution >= 0.6 is 0 Å². The summed E-state index contributed by atoms with van der Waals surface area (Å²) >= 11 is 0. The summed E-state index contributed by atoms with van der Waals surface area (Å²) in [6.45, 7) is 0.924. The number of nitrogens with zero attached hydrogens (tertiary/aromatic N) is 1. The number of fused-ring (bicyclic) bond motifs is 2. The standard InChI is InChI=1S/C20H19N3/c21-20(19-17-10-4-2-7-15(17)12-13-22-19)23-18-11-5-8-14-6-1-3-9-16(14)18/h1-11,19,22H,12-13H2,(H2,21,23). The number of hydrogen-bond acceptors (Lipinski definition) is 2. The first-order chi connectivity index (χ1) is 11.3. The first-order valence-corrected chi connectivity index (χ1v) is 7.96. The van der Waals surface area contributed by atoms with Crippen LogP contribution in [0.4, 0.5) is 5.69 Å². The highest BCUT2D eigenvalue weighted by Gasteiger charge is 2.22. The van der Waals surface area contributed by atoms with Gasteiger partial charge >= 0.3 is 0 Å². The molecule has 3 heteroatoms. The highest BCUT2D eigenvalue weighted by Crippen LogP contribution is 2.28. The van der Waals surface area contributed by atoms with Crippen LogP contribution in [0, 0.1) is 0 Å². The molecular formula is C20H19N3. The molecule has 1 unspecified atom stereocenters. The van der Waals surface area contributed by atoms with Gasteiger partial charge in [0.05, 0.1) is 11.7 Å². The lowest BCUT2D eigenvalue weighted by molar-refractivity contribution is 0.601. The van der Waals surface area contributed by atoms with E-state index in [1.807, 2.05) is 24.3 Å². The van der Waals surface area contributed by atoms with Gasteiger partial charge in [-0.2, -0.15) is 0 Å². The van der Waals surface area contributed by atoms with Gasteiger partial charge in [-0.15, -0.1) is 0 Å². The Bertz CT molecular complexity index is 877. The summed E-state index contributed by atoms with van der Waals surface area (Å²) in [6, 6.07) is 22.8. The Morgan fingerprint density at radius 1 is 0.957 bits per heavy atom. The van der Waals surface area contributed by atoms with E-state index in [2.05, 4.69) is 47.8 Å². The molecule has 1 aliphatic rings. The van der Waals surface area contributed by atoms with E-state index in [0.717, 1.165) is 24.0 Å². The Labute approximate surface area is 135 Å². The van der Waals surface area contributed by atoms with Crippen LogP contribution in [0.2, 0.25) is 0 Å². The summed E-state index contributed by atoms with van der Waals surface area (Å²) < 4.78 is 0. The van der Waals surface area contributed by atoms with Crippen LogP contribution in [0.3, 0.4) is 0 Å². The number of aliphatic imine (C=N–C) groups is 1. The maximum atomic E-state index is 6.37. The van der Waals surface area contributed by atoms with Crippen molar-refractivity contribution in [1.29, 1.82) is 0 Å². The Morgan fingerprint density at radius 2 is 1.74 bits per heavy atom. The summed E-state index contributed by atoms with van der Waals surface area (Å²) in [5, 5.41) is 5.79. The molecule has 23 heavy (non-hydrogen) atoms. The van der Waals surface area contributed by atoms with E-state index < -0.39 is 0 Å². The van der Waals surface area contributed by atoms with Crippen LogP contribution in [-0.4, -0.2) is 12.4 Å². The molecule has 3 nitrogen and oxygen atoms in total. The highest BCUT2D eigenvalue weighted by molar-refractivity contribution is 5.97. The fraction of sp³-hybridized carbons (Fsp3) is 0.150. The molecule has 114 valence electrons. The third-order valence-electron chi connectivity index (χ3n) is 4.42. The van der Waals surface area contributed by atoms with Gasteiger partial charge in [0.1, 0.15) is 5.84 Å². The van der Waals surface area contributed by atoms with Crippen molar-refractivity contribution in [3.8, 4) is 0 Å². The molecule has 4 rings (SSSR count). The average molecular weight is 301 g/mol. The third-order valence-corrected chi connectivity index (χ3v) is 4.42. The summed E-state index contributed by atoms with van der Waals surface area (Å²) in [5.41, 5.74) is 9.89. The molecular weight excluding hydrogens is 282 g/mol.